The number of hydrogen-bond donors (Lipinski definition) is 1. The summed E-state index contributed by atoms with van der Waals surface area (Å²) < 4.78 is 15.7. The predicted octanol–water partition coefficient (Wildman–Crippen LogP) is 4.42. The monoisotopic (exact) mass is 467 g/mol. The summed E-state index contributed by atoms with van der Waals surface area (Å²) >= 11 is 1.46. The molecule has 0 fully saturated rings. The number of aryl methyl sites for hydroxylation is 3. The van der Waals surface area contributed by atoms with Gasteiger partial charge in [0.1, 0.15) is 0 Å². The molecule has 0 saturated carbocycles. The molecule has 4 aromatic rings. The Morgan fingerprint density at radius 2 is 1.85 bits per heavy atom. The van der Waals surface area contributed by atoms with Crippen LogP contribution >= 0.6 is 11.3 Å². The first kappa shape index (κ1) is 22.4. The quantitative estimate of drug-likeness (QED) is 0.313. The molecule has 0 radical (unpaired) electrons. The van der Waals surface area contributed by atoms with Crippen molar-refractivity contribution in [2.75, 3.05) is 13.2 Å². The van der Waals surface area contributed by atoms with Crippen LogP contribution in [0, 0.1) is 20.8 Å². The number of carbonyl (C=O) groups is 3. The highest BCUT2D eigenvalue weighted by molar-refractivity contribution is 7.13. The molecular formula is C23H21N3O6S. The van der Waals surface area contributed by atoms with Crippen molar-refractivity contribution in [3.63, 3.8) is 0 Å². The third kappa shape index (κ3) is 4.17. The van der Waals surface area contributed by atoms with E-state index >= 15 is 0 Å². The summed E-state index contributed by atoms with van der Waals surface area (Å²) in [6, 6.07) is 5.34. The zero-order valence-corrected chi connectivity index (χ0v) is 19.3. The van der Waals surface area contributed by atoms with Crippen molar-refractivity contribution in [2.24, 2.45) is 0 Å². The molecule has 33 heavy (non-hydrogen) atoms. The summed E-state index contributed by atoms with van der Waals surface area (Å²) in [6.45, 7) is 6.35. The van der Waals surface area contributed by atoms with E-state index in [4.69, 9.17) is 14.0 Å². The van der Waals surface area contributed by atoms with Gasteiger partial charge in [-0.2, -0.15) is 0 Å². The highest BCUT2D eigenvalue weighted by Gasteiger charge is 2.27. The van der Waals surface area contributed by atoms with E-state index in [1.165, 1.54) is 11.3 Å². The minimum Gasteiger partial charge on any atom is -0.462 e. The Bertz CT molecular complexity index is 1370. The number of fused-ring (bicyclic) bond motifs is 1. The lowest BCUT2D eigenvalue weighted by Crippen LogP contribution is -2.18. The number of nitrogens with zero attached hydrogens (tertiary/aromatic N) is 2. The number of esters is 2. The molecule has 0 atom stereocenters. The molecule has 4 rings (SSSR count). The summed E-state index contributed by atoms with van der Waals surface area (Å²) in [5.41, 5.74) is 2.73. The molecule has 9 nitrogen and oxygen atoms in total. The summed E-state index contributed by atoms with van der Waals surface area (Å²) in [5.74, 6) is -1.84. The van der Waals surface area contributed by atoms with Gasteiger partial charge in [0, 0.05) is 11.4 Å². The van der Waals surface area contributed by atoms with Crippen molar-refractivity contribution in [1.82, 2.24) is 15.1 Å². The number of aromatic amines is 1. The highest BCUT2D eigenvalue weighted by Crippen LogP contribution is 2.30. The van der Waals surface area contributed by atoms with Crippen molar-refractivity contribution >= 4 is 40.2 Å². The lowest BCUT2D eigenvalue weighted by molar-refractivity contribution is 0.0474. The zero-order chi connectivity index (χ0) is 23.7. The van der Waals surface area contributed by atoms with Crippen molar-refractivity contribution in [1.29, 1.82) is 0 Å². The van der Waals surface area contributed by atoms with Crippen molar-refractivity contribution < 1.29 is 28.4 Å². The third-order valence-electron chi connectivity index (χ3n) is 5.08. The van der Waals surface area contributed by atoms with E-state index in [2.05, 4.69) is 15.1 Å². The van der Waals surface area contributed by atoms with Crippen molar-refractivity contribution in [3.8, 4) is 10.6 Å². The number of nitrogens with one attached hydrogen (secondary N) is 1. The number of Topliss-reactive ketones (excluding diaryl/α,β-unsaturated/α-hetero) is 1. The van der Waals surface area contributed by atoms with Crippen LogP contribution in [0.2, 0.25) is 0 Å². The fourth-order valence-electron chi connectivity index (χ4n) is 3.68. The predicted molar refractivity (Wildman–Crippen MR) is 121 cm³/mol. The fourth-order valence-corrected chi connectivity index (χ4v) is 4.36. The third-order valence-corrected chi connectivity index (χ3v) is 5.97. The van der Waals surface area contributed by atoms with Gasteiger partial charge in [-0.25, -0.2) is 14.6 Å². The molecule has 0 aromatic carbocycles. The maximum atomic E-state index is 13.0. The van der Waals surface area contributed by atoms with Crippen LogP contribution in [0.1, 0.15) is 55.1 Å². The lowest BCUT2D eigenvalue weighted by Gasteiger charge is -2.08. The highest BCUT2D eigenvalue weighted by atomic mass is 32.1. The van der Waals surface area contributed by atoms with E-state index in [9.17, 15) is 14.4 Å². The van der Waals surface area contributed by atoms with E-state index < -0.39 is 24.3 Å². The van der Waals surface area contributed by atoms with Crippen LogP contribution in [0.25, 0.3) is 21.7 Å². The Balaban J connectivity index is 1.62. The molecule has 0 aliphatic carbocycles. The van der Waals surface area contributed by atoms with E-state index in [0.717, 1.165) is 4.88 Å². The van der Waals surface area contributed by atoms with Crippen LogP contribution < -0.4 is 0 Å². The standard InChI is InChI=1S/C23H21N3O6S/c1-5-30-23(29)20-12(3)24-11(2)19(20)16(27)10-31-22(28)14-9-15(17-7-6-8-33-17)25-21-18(14)13(4)26-32-21/h6-9,24H,5,10H2,1-4H3. The molecule has 0 bridgehead atoms. The van der Waals surface area contributed by atoms with E-state index in [0.29, 0.717) is 28.2 Å². The van der Waals surface area contributed by atoms with Gasteiger partial charge >= 0.3 is 11.9 Å². The summed E-state index contributed by atoms with van der Waals surface area (Å²) in [5, 5.41) is 6.22. The first-order chi connectivity index (χ1) is 15.8. The van der Waals surface area contributed by atoms with Gasteiger partial charge in [0.15, 0.2) is 6.61 Å². The number of hydrogen-bond acceptors (Lipinski definition) is 9. The van der Waals surface area contributed by atoms with Crippen LogP contribution in [0.5, 0.6) is 0 Å². The molecule has 0 unspecified atom stereocenters. The Kier molecular flexibility index (Phi) is 6.10. The number of thiophene rings is 1. The van der Waals surface area contributed by atoms with Gasteiger partial charge < -0.3 is 19.0 Å². The molecule has 4 aromatic heterocycles. The van der Waals surface area contributed by atoms with E-state index in [-0.39, 0.29) is 29.0 Å². The largest absolute Gasteiger partial charge is 0.462 e. The Morgan fingerprint density at radius 1 is 1.09 bits per heavy atom. The second kappa shape index (κ2) is 8.99. The maximum absolute atomic E-state index is 13.0. The SMILES string of the molecule is CCOC(=O)c1c(C)[nH]c(C)c1C(=O)COC(=O)c1cc(-c2cccs2)nc2onc(C)c12. The summed E-state index contributed by atoms with van der Waals surface area (Å²) in [6.07, 6.45) is 0. The molecule has 0 saturated heterocycles. The molecular weight excluding hydrogens is 446 g/mol. The van der Waals surface area contributed by atoms with Crippen molar-refractivity contribution in [2.45, 2.75) is 27.7 Å². The number of pyridine rings is 1. The number of rotatable bonds is 7. The van der Waals surface area contributed by atoms with Gasteiger partial charge in [-0.3, -0.25) is 4.79 Å². The molecule has 1 N–H and O–H groups in total. The normalized spacial score (nSPS) is 11.0. The molecule has 0 amide bonds. The van der Waals surface area contributed by atoms with E-state index in [1.807, 2.05) is 17.5 Å². The van der Waals surface area contributed by atoms with Gasteiger partial charge in [0.2, 0.25) is 5.78 Å². The van der Waals surface area contributed by atoms with Gasteiger partial charge in [0.05, 0.1) is 44.9 Å². The number of ether oxygens (including phenoxy) is 2. The van der Waals surface area contributed by atoms with E-state index in [1.54, 1.807) is 33.8 Å². The zero-order valence-electron chi connectivity index (χ0n) is 18.5. The number of carbonyl (C=O) groups excluding carboxylic acids is 3. The molecule has 170 valence electrons. The lowest BCUT2D eigenvalue weighted by atomic mass is 10.1. The van der Waals surface area contributed by atoms with Gasteiger partial charge in [-0.1, -0.05) is 11.2 Å². The topological polar surface area (TPSA) is 124 Å². The Labute approximate surface area is 192 Å². The van der Waals surface area contributed by atoms with Gasteiger partial charge in [0.25, 0.3) is 5.71 Å². The number of ketones is 1. The molecule has 0 spiro atoms. The second-order valence-corrected chi connectivity index (χ2v) is 8.27. The first-order valence-electron chi connectivity index (χ1n) is 10.2. The Hall–Kier alpha value is -3.79. The van der Waals surface area contributed by atoms with Gasteiger partial charge in [-0.05, 0) is 45.2 Å². The molecule has 10 heteroatoms. The minimum absolute atomic E-state index is 0.150. The average molecular weight is 468 g/mol. The number of aromatic nitrogens is 3. The van der Waals surface area contributed by atoms with Crippen LogP contribution in [0.4, 0.5) is 0 Å². The average Bonchev–Trinajstić information content (AvgIpc) is 3.51. The summed E-state index contributed by atoms with van der Waals surface area (Å²) in [4.78, 5) is 46.5. The smallest absolute Gasteiger partial charge is 0.340 e. The fraction of sp³-hybridized carbons (Fsp3) is 0.261. The first-order valence-corrected chi connectivity index (χ1v) is 11.1. The van der Waals surface area contributed by atoms with Crippen molar-refractivity contribution in [3.05, 3.63) is 57.4 Å². The second-order valence-electron chi connectivity index (χ2n) is 7.33. The Morgan fingerprint density at radius 3 is 2.55 bits per heavy atom. The molecule has 4 heterocycles. The molecule has 0 aliphatic rings. The summed E-state index contributed by atoms with van der Waals surface area (Å²) in [7, 11) is 0. The van der Waals surface area contributed by atoms with Crippen LogP contribution in [0.3, 0.4) is 0 Å². The number of H-pyrrole nitrogens is 1. The molecule has 0 aliphatic heterocycles. The van der Waals surface area contributed by atoms with Crippen LogP contribution in [0.15, 0.2) is 28.1 Å². The van der Waals surface area contributed by atoms with Gasteiger partial charge in [-0.15, -0.1) is 11.3 Å². The maximum Gasteiger partial charge on any atom is 0.340 e. The van der Waals surface area contributed by atoms with Crippen LogP contribution in [-0.4, -0.2) is 46.1 Å². The minimum atomic E-state index is -0.720. The van der Waals surface area contributed by atoms with Crippen LogP contribution in [-0.2, 0) is 9.47 Å².